The van der Waals surface area contributed by atoms with Gasteiger partial charge in [-0.1, -0.05) is 24.3 Å². The van der Waals surface area contributed by atoms with Gasteiger partial charge < -0.3 is 19.5 Å². The minimum Gasteiger partial charge on any atom is -0.489 e. The van der Waals surface area contributed by atoms with E-state index >= 15 is 4.39 Å². The summed E-state index contributed by atoms with van der Waals surface area (Å²) in [7, 11) is 1.35. The number of benzene rings is 1. The number of pyridine rings is 1. The fourth-order valence-corrected chi connectivity index (χ4v) is 5.36. The van der Waals surface area contributed by atoms with E-state index in [4.69, 9.17) is 9.47 Å². The molecule has 3 aromatic rings. The number of halogens is 5. The lowest BCUT2D eigenvalue weighted by molar-refractivity contribution is -0.143. The molecule has 1 atom stereocenters. The molecule has 1 amide bonds. The number of nitrogens with zero attached hydrogens (tertiary/aromatic N) is 4. The molecule has 0 saturated carbocycles. The second kappa shape index (κ2) is 12.5. The Morgan fingerprint density at radius 2 is 1.89 bits per heavy atom. The van der Waals surface area contributed by atoms with Crippen LogP contribution in [-0.2, 0) is 10.9 Å². The Hall–Kier alpha value is -4.75. The van der Waals surface area contributed by atoms with Crippen LogP contribution in [0.3, 0.4) is 0 Å². The summed E-state index contributed by atoms with van der Waals surface area (Å²) in [6.07, 6.45) is 3.32. The van der Waals surface area contributed by atoms with Crippen LogP contribution in [0.2, 0.25) is 0 Å². The first-order valence-electron chi connectivity index (χ1n) is 13.7. The summed E-state index contributed by atoms with van der Waals surface area (Å²) in [5.41, 5.74) is -1.74. The van der Waals surface area contributed by atoms with Gasteiger partial charge in [-0.25, -0.2) is 28.0 Å². The molecule has 1 aliphatic heterocycles. The largest absolute Gasteiger partial charge is 0.489 e. The average Bonchev–Trinajstić information content (AvgIpc) is 3.47. The van der Waals surface area contributed by atoms with E-state index in [1.54, 1.807) is 4.90 Å². The van der Waals surface area contributed by atoms with Gasteiger partial charge in [0.2, 0.25) is 0 Å². The molecule has 232 valence electrons. The second-order valence-corrected chi connectivity index (χ2v) is 10.4. The van der Waals surface area contributed by atoms with Gasteiger partial charge in [0.1, 0.15) is 11.4 Å². The monoisotopic (exact) mass is 618 g/mol. The Morgan fingerprint density at radius 3 is 2.52 bits per heavy atom. The van der Waals surface area contributed by atoms with E-state index in [9.17, 15) is 32.3 Å². The van der Waals surface area contributed by atoms with E-state index in [1.807, 2.05) is 12.2 Å². The molecule has 5 rings (SSSR count). The lowest BCUT2D eigenvalue weighted by Crippen LogP contribution is -2.38. The van der Waals surface area contributed by atoms with Gasteiger partial charge in [-0.2, -0.15) is 18.3 Å². The number of carbonyl (C=O) groups is 2. The molecule has 1 saturated heterocycles. The van der Waals surface area contributed by atoms with Crippen molar-refractivity contribution in [1.82, 2.24) is 19.7 Å². The molecule has 1 aliphatic carbocycles. The van der Waals surface area contributed by atoms with Crippen molar-refractivity contribution >= 4 is 12.1 Å². The van der Waals surface area contributed by atoms with Crippen molar-refractivity contribution in [3.05, 3.63) is 83.2 Å². The number of amides is 1. The molecule has 1 aromatic carbocycles. The van der Waals surface area contributed by atoms with E-state index in [1.165, 1.54) is 19.2 Å². The molecule has 0 radical (unpaired) electrons. The number of likely N-dealkylation sites (tertiary alicyclic amines) is 1. The van der Waals surface area contributed by atoms with E-state index in [-0.39, 0.29) is 41.5 Å². The number of rotatable bonds is 7. The Morgan fingerprint density at radius 1 is 1.14 bits per heavy atom. The molecule has 0 spiro atoms. The summed E-state index contributed by atoms with van der Waals surface area (Å²) in [6, 6.07) is 5.38. The minimum absolute atomic E-state index is 0.0235. The van der Waals surface area contributed by atoms with Crippen molar-refractivity contribution in [3.8, 4) is 22.8 Å². The molecule has 1 fully saturated rings. The summed E-state index contributed by atoms with van der Waals surface area (Å²) in [6.45, 7) is 1.21. The van der Waals surface area contributed by atoms with Crippen LogP contribution in [0.15, 0.2) is 60.3 Å². The van der Waals surface area contributed by atoms with Gasteiger partial charge in [-0.3, -0.25) is 0 Å². The average molecular weight is 619 g/mol. The lowest BCUT2D eigenvalue weighted by Gasteiger charge is -2.32. The van der Waals surface area contributed by atoms with Crippen molar-refractivity contribution in [3.63, 3.8) is 0 Å². The summed E-state index contributed by atoms with van der Waals surface area (Å²) >= 11 is 0. The van der Waals surface area contributed by atoms with E-state index < -0.39 is 40.9 Å². The predicted molar refractivity (Wildman–Crippen MR) is 146 cm³/mol. The SMILES string of the molecule is COC(=O)N1CCC(C2=CCC(COc3c(F)cc(F)cc3-c3cccc(-n4ncc(C(=O)O)c4C(F)(F)F)n3)C=C2)CC1. The number of carboxylic acid groups (broad SMARTS) is 1. The molecule has 1 unspecified atom stereocenters. The van der Waals surface area contributed by atoms with Crippen molar-refractivity contribution in [2.24, 2.45) is 11.8 Å². The number of aromatic carboxylic acids is 1. The first-order valence-corrected chi connectivity index (χ1v) is 13.7. The van der Waals surface area contributed by atoms with Crippen molar-refractivity contribution in [2.75, 3.05) is 26.8 Å². The molecular formula is C30H27F5N4O5. The van der Waals surface area contributed by atoms with E-state index in [0.29, 0.717) is 36.5 Å². The van der Waals surface area contributed by atoms with E-state index in [2.05, 4.69) is 16.2 Å². The highest BCUT2D eigenvalue weighted by Gasteiger charge is 2.41. The first kappa shape index (κ1) is 30.7. The maximum Gasteiger partial charge on any atom is 0.434 e. The van der Waals surface area contributed by atoms with E-state index in [0.717, 1.165) is 30.5 Å². The van der Waals surface area contributed by atoms with Gasteiger partial charge in [0.15, 0.2) is 23.1 Å². The maximum atomic E-state index is 15.0. The van der Waals surface area contributed by atoms with Crippen LogP contribution in [0.1, 0.15) is 35.3 Å². The van der Waals surface area contributed by atoms with Crippen molar-refractivity contribution in [1.29, 1.82) is 0 Å². The second-order valence-electron chi connectivity index (χ2n) is 10.4. The molecule has 14 heteroatoms. The van der Waals surface area contributed by atoms with Crippen LogP contribution in [-0.4, -0.2) is 63.6 Å². The Balaban J connectivity index is 1.33. The number of ether oxygens (including phenoxy) is 2. The van der Waals surface area contributed by atoms with Gasteiger partial charge in [0.05, 0.1) is 25.6 Å². The van der Waals surface area contributed by atoms with Crippen molar-refractivity contribution < 1.29 is 46.1 Å². The predicted octanol–water partition coefficient (Wildman–Crippen LogP) is 6.29. The number of hydrogen-bond donors (Lipinski definition) is 1. The fraction of sp³-hybridized carbons (Fsp3) is 0.333. The summed E-state index contributed by atoms with van der Waals surface area (Å²) in [5, 5.41) is 12.8. The first-order chi connectivity index (χ1) is 21.0. The Bertz CT molecular complexity index is 1630. The number of aromatic nitrogens is 3. The number of carboxylic acids is 1. The molecule has 44 heavy (non-hydrogen) atoms. The maximum absolute atomic E-state index is 15.0. The van der Waals surface area contributed by atoms with Gasteiger partial charge >= 0.3 is 18.2 Å². The lowest BCUT2D eigenvalue weighted by atomic mass is 9.84. The van der Waals surface area contributed by atoms with Gasteiger partial charge in [0, 0.05) is 30.6 Å². The normalized spacial score (nSPS) is 17.4. The van der Waals surface area contributed by atoms with Crippen LogP contribution in [0.25, 0.3) is 17.1 Å². The standard InChI is InChI=1S/C30H27F5N4O5/c1-43-29(42)38-11-9-19(10-12-38)18-7-5-17(6-8-18)16-44-26-21(13-20(31)14-23(26)32)24-3-2-4-25(37-24)39-27(30(33,34)35)22(15-36-39)28(40)41/h2-5,7-8,13-15,17,19H,6,9-12,16H2,1H3,(H,40,41). The third-order valence-corrected chi connectivity index (χ3v) is 7.56. The van der Waals surface area contributed by atoms with Crippen LogP contribution in [0, 0.1) is 23.5 Å². The highest BCUT2D eigenvalue weighted by molar-refractivity contribution is 5.89. The molecule has 2 aromatic heterocycles. The number of piperidine rings is 1. The smallest absolute Gasteiger partial charge is 0.434 e. The van der Waals surface area contributed by atoms with Crippen LogP contribution in [0.4, 0.5) is 26.7 Å². The molecule has 2 aliphatic rings. The number of alkyl halides is 3. The molecule has 1 N–H and O–H groups in total. The molecule has 3 heterocycles. The molecular weight excluding hydrogens is 591 g/mol. The zero-order valence-electron chi connectivity index (χ0n) is 23.4. The topological polar surface area (TPSA) is 107 Å². The van der Waals surface area contributed by atoms with Crippen LogP contribution >= 0.6 is 0 Å². The quantitative estimate of drug-likeness (QED) is 0.310. The third kappa shape index (κ3) is 6.43. The Kier molecular flexibility index (Phi) is 8.70. The fourth-order valence-electron chi connectivity index (χ4n) is 5.36. The molecule has 9 nitrogen and oxygen atoms in total. The minimum atomic E-state index is -5.08. The van der Waals surface area contributed by atoms with Gasteiger partial charge in [-0.05, 0) is 49.0 Å². The number of allylic oxidation sites excluding steroid dienone is 3. The Labute approximate surface area is 248 Å². The highest BCUT2D eigenvalue weighted by Crippen LogP contribution is 2.37. The zero-order valence-corrected chi connectivity index (χ0v) is 23.4. The number of hydrogen-bond acceptors (Lipinski definition) is 6. The highest BCUT2D eigenvalue weighted by atomic mass is 19.4. The molecule has 0 bridgehead atoms. The van der Waals surface area contributed by atoms with Crippen molar-refractivity contribution in [2.45, 2.75) is 25.4 Å². The summed E-state index contributed by atoms with van der Waals surface area (Å²) < 4.78 is 81.5. The number of carbonyl (C=O) groups excluding carboxylic acids is 1. The van der Waals surface area contributed by atoms with Gasteiger partial charge in [0.25, 0.3) is 0 Å². The summed E-state index contributed by atoms with van der Waals surface area (Å²) in [5.74, 6) is -4.41. The summed E-state index contributed by atoms with van der Waals surface area (Å²) in [4.78, 5) is 28.9. The number of methoxy groups -OCH3 is 1. The van der Waals surface area contributed by atoms with Crippen LogP contribution in [0.5, 0.6) is 5.75 Å². The van der Waals surface area contributed by atoms with Gasteiger partial charge in [-0.15, -0.1) is 0 Å². The zero-order chi connectivity index (χ0) is 31.6. The van der Waals surface area contributed by atoms with Crippen LogP contribution < -0.4 is 4.74 Å². The third-order valence-electron chi connectivity index (χ3n) is 7.56.